The van der Waals surface area contributed by atoms with E-state index in [1.54, 1.807) is 0 Å². The fourth-order valence-corrected chi connectivity index (χ4v) is 2.96. The quantitative estimate of drug-likeness (QED) is 0.927. The Morgan fingerprint density at radius 1 is 1.29 bits per heavy atom. The molecule has 1 atom stereocenters. The van der Waals surface area contributed by atoms with E-state index in [0.29, 0.717) is 6.61 Å². The van der Waals surface area contributed by atoms with Crippen LogP contribution in [0.25, 0.3) is 0 Å². The molecule has 0 saturated carbocycles. The molecule has 4 heteroatoms. The van der Waals surface area contributed by atoms with Crippen molar-refractivity contribution in [3.63, 3.8) is 0 Å². The van der Waals surface area contributed by atoms with E-state index >= 15 is 0 Å². The van der Waals surface area contributed by atoms with Gasteiger partial charge in [-0.15, -0.1) is 0 Å². The number of piperazine rings is 1. The number of benzene rings is 1. The third-order valence-corrected chi connectivity index (χ3v) is 4.17. The Kier molecular flexibility index (Phi) is 4.76. The van der Waals surface area contributed by atoms with Crippen molar-refractivity contribution in [2.45, 2.75) is 32.2 Å². The van der Waals surface area contributed by atoms with Crippen molar-refractivity contribution < 1.29 is 4.74 Å². The van der Waals surface area contributed by atoms with Gasteiger partial charge in [-0.2, -0.15) is 0 Å². The minimum absolute atomic E-state index is 0.280. The van der Waals surface area contributed by atoms with Crippen LogP contribution >= 0.6 is 0 Å². The van der Waals surface area contributed by atoms with E-state index in [9.17, 15) is 0 Å². The zero-order valence-corrected chi connectivity index (χ0v) is 12.8. The van der Waals surface area contributed by atoms with Crippen LogP contribution in [0.3, 0.4) is 0 Å². The summed E-state index contributed by atoms with van der Waals surface area (Å²) in [5, 5.41) is 3.41. The summed E-state index contributed by atoms with van der Waals surface area (Å²) in [4.78, 5) is 7.47. The van der Waals surface area contributed by atoms with Crippen LogP contribution in [-0.2, 0) is 0 Å². The van der Waals surface area contributed by atoms with E-state index in [2.05, 4.69) is 35.3 Å². The second-order valence-electron chi connectivity index (χ2n) is 5.79. The molecule has 2 aliphatic heterocycles. The molecule has 0 aliphatic carbocycles. The lowest BCUT2D eigenvalue weighted by Crippen LogP contribution is -2.47. The normalized spacial score (nSPS) is 22.0. The Morgan fingerprint density at radius 2 is 2.10 bits per heavy atom. The van der Waals surface area contributed by atoms with Gasteiger partial charge < -0.3 is 15.0 Å². The lowest BCUT2D eigenvalue weighted by atomic mass is 10.1. The maximum Gasteiger partial charge on any atom is 0.135 e. The molecule has 2 heterocycles. The summed E-state index contributed by atoms with van der Waals surface area (Å²) in [6.45, 7) is 7.03. The summed E-state index contributed by atoms with van der Waals surface area (Å²) in [6, 6.07) is 8.60. The van der Waals surface area contributed by atoms with E-state index in [-0.39, 0.29) is 6.04 Å². The summed E-state index contributed by atoms with van der Waals surface area (Å²) < 4.78 is 6.02. The van der Waals surface area contributed by atoms with Gasteiger partial charge in [-0.3, -0.25) is 4.99 Å². The Hall–Kier alpha value is -1.55. The molecular formula is C17H25N3O. The van der Waals surface area contributed by atoms with Crippen molar-refractivity contribution in [3.8, 4) is 5.75 Å². The fraction of sp³-hybridized carbons (Fsp3) is 0.588. The van der Waals surface area contributed by atoms with E-state index in [1.807, 2.05) is 6.07 Å². The molecule has 4 nitrogen and oxygen atoms in total. The predicted octanol–water partition coefficient (Wildman–Crippen LogP) is 2.29. The minimum atomic E-state index is 0.280. The Balaban J connectivity index is 1.89. The summed E-state index contributed by atoms with van der Waals surface area (Å²) in [6.07, 6.45) is 3.53. The van der Waals surface area contributed by atoms with Crippen molar-refractivity contribution in [1.29, 1.82) is 0 Å². The van der Waals surface area contributed by atoms with Gasteiger partial charge in [-0.05, 0) is 18.6 Å². The molecule has 1 fully saturated rings. The van der Waals surface area contributed by atoms with E-state index in [1.165, 1.54) is 12.8 Å². The second-order valence-corrected chi connectivity index (χ2v) is 5.79. The highest BCUT2D eigenvalue weighted by Crippen LogP contribution is 2.25. The minimum Gasteiger partial charge on any atom is -0.491 e. The molecule has 1 aromatic carbocycles. The van der Waals surface area contributed by atoms with Gasteiger partial charge in [-0.1, -0.05) is 31.9 Å². The topological polar surface area (TPSA) is 36.9 Å². The zero-order valence-electron chi connectivity index (χ0n) is 12.8. The molecule has 3 rings (SSSR count). The van der Waals surface area contributed by atoms with E-state index in [4.69, 9.17) is 9.73 Å². The Morgan fingerprint density at radius 3 is 2.90 bits per heavy atom. The van der Waals surface area contributed by atoms with Crippen molar-refractivity contribution in [2.24, 2.45) is 4.99 Å². The van der Waals surface area contributed by atoms with Gasteiger partial charge in [0.15, 0.2) is 0 Å². The molecule has 1 saturated heterocycles. The first-order valence-corrected chi connectivity index (χ1v) is 8.14. The molecule has 1 N–H and O–H groups in total. The number of fused-ring (bicyclic) bond motifs is 1. The molecule has 1 aromatic rings. The molecule has 0 radical (unpaired) electrons. The maximum absolute atomic E-state index is 6.02. The summed E-state index contributed by atoms with van der Waals surface area (Å²) in [5.74, 6) is 2.11. The number of rotatable bonds is 3. The van der Waals surface area contributed by atoms with Crippen molar-refractivity contribution >= 4 is 5.84 Å². The lowest BCUT2D eigenvalue weighted by Gasteiger charge is -2.31. The zero-order chi connectivity index (χ0) is 14.5. The van der Waals surface area contributed by atoms with Gasteiger partial charge in [0, 0.05) is 26.2 Å². The van der Waals surface area contributed by atoms with Crippen LogP contribution in [-0.4, -0.2) is 49.6 Å². The number of aliphatic imine (C=N–C) groups is 1. The molecular weight excluding hydrogens is 262 g/mol. The molecule has 21 heavy (non-hydrogen) atoms. The van der Waals surface area contributed by atoms with Crippen LogP contribution in [0.15, 0.2) is 29.3 Å². The SMILES string of the molecule is CCCCC1COc2ccccc2C(N2CCNCC2)=N1. The number of hydrogen-bond acceptors (Lipinski definition) is 4. The molecule has 0 bridgehead atoms. The number of hydrogen-bond donors (Lipinski definition) is 1. The van der Waals surface area contributed by atoms with Crippen molar-refractivity contribution in [1.82, 2.24) is 10.2 Å². The molecule has 114 valence electrons. The van der Waals surface area contributed by atoms with Crippen LogP contribution in [0.1, 0.15) is 31.7 Å². The van der Waals surface area contributed by atoms with Crippen LogP contribution in [0.4, 0.5) is 0 Å². The smallest absolute Gasteiger partial charge is 0.135 e. The maximum atomic E-state index is 6.02. The number of unbranched alkanes of at least 4 members (excludes halogenated alkanes) is 1. The predicted molar refractivity (Wildman–Crippen MR) is 86.2 cm³/mol. The number of ether oxygens (including phenoxy) is 1. The average Bonchev–Trinajstić information content (AvgIpc) is 2.74. The molecule has 2 aliphatic rings. The highest BCUT2D eigenvalue weighted by molar-refractivity contribution is 6.01. The van der Waals surface area contributed by atoms with Gasteiger partial charge in [0.25, 0.3) is 0 Å². The van der Waals surface area contributed by atoms with Crippen molar-refractivity contribution in [2.75, 3.05) is 32.8 Å². The van der Waals surface area contributed by atoms with E-state index < -0.39 is 0 Å². The van der Waals surface area contributed by atoms with E-state index in [0.717, 1.165) is 49.7 Å². The van der Waals surface area contributed by atoms with Crippen LogP contribution in [0.2, 0.25) is 0 Å². The first-order chi connectivity index (χ1) is 10.4. The Bertz CT molecular complexity index is 495. The van der Waals surface area contributed by atoms with Crippen LogP contribution in [0.5, 0.6) is 5.75 Å². The molecule has 0 spiro atoms. The number of nitrogens with zero attached hydrogens (tertiary/aromatic N) is 2. The Labute approximate surface area is 127 Å². The summed E-state index contributed by atoms with van der Waals surface area (Å²) >= 11 is 0. The number of nitrogens with one attached hydrogen (secondary N) is 1. The lowest BCUT2D eigenvalue weighted by molar-refractivity contribution is 0.284. The summed E-state index contributed by atoms with van der Waals surface area (Å²) in [7, 11) is 0. The van der Waals surface area contributed by atoms with Crippen LogP contribution < -0.4 is 10.1 Å². The van der Waals surface area contributed by atoms with Gasteiger partial charge in [0.05, 0.1) is 11.6 Å². The number of para-hydroxylation sites is 1. The highest BCUT2D eigenvalue weighted by Gasteiger charge is 2.24. The third kappa shape index (κ3) is 3.38. The molecule has 0 aromatic heterocycles. The third-order valence-electron chi connectivity index (χ3n) is 4.17. The standard InChI is InChI=1S/C17H25N3O/c1-2-3-6-14-13-21-16-8-5-4-7-15(16)17(19-14)20-11-9-18-10-12-20/h4-5,7-8,14,18H,2-3,6,9-13H2,1H3. The second kappa shape index (κ2) is 6.94. The molecule has 1 unspecified atom stereocenters. The van der Waals surface area contributed by atoms with Gasteiger partial charge >= 0.3 is 0 Å². The fourth-order valence-electron chi connectivity index (χ4n) is 2.96. The monoisotopic (exact) mass is 287 g/mol. The first-order valence-electron chi connectivity index (χ1n) is 8.14. The highest BCUT2D eigenvalue weighted by atomic mass is 16.5. The van der Waals surface area contributed by atoms with Crippen molar-refractivity contribution in [3.05, 3.63) is 29.8 Å². The number of amidine groups is 1. The average molecular weight is 287 g/mol. The van der Waals surface area contributed by atoms with Gasteiger partial charge in [-0.25, -0.2) is 0 Å². The first kappa shape index (κ1) is 14.4. The van der Waals surface area contributed by atoms with Gasteiger partial charge in [0.1, 0.15) is 18.2 Å². The van der Waals surface area contributed by atoms with Crippen LogP contribution in [0, 0.1) is 0 Å². The summed E-state index contributed by atoms with van der Waals surface area (Å²) in [5.41, 5.74) is 1.15. The largest absolute Gasteiger partial charge is 0.491 e. The van der Waals surface area contributed by atoms with Gasteiger partial charge in [0.2, 0.25) is 0 Å². The molecule has 0 amide bonds.